The number of halogens is 2. The fourth-order valence-corrected chi connectivity index (χ4v) is 1.76. The highest BCUT2D eigenvalue weighted by Gasteiger charge is 2.23. The van der Waals surface area contributed by atoms with Gasteiger partial charge in [-0.25, -0.2) is 13.8 Å². The zero-order chi connectivity index (χ0) is 10.4. The maximum Gasteiger partial charge on any atom is 0.186 e. The third-order valence-electron chi connectivity index (χ3n) is 2.77. The van der Waals surface area contributed by atoms with Crippen LogP contribution in [0.2, 0.25) is 0 Å². The lowest BCUT2D eigenvalue weighted by Gasteiger charge is -1.91. The number of aromatic amines is 1. The first-order valence-corrected chi connectivity index (χ1v) is 5.06. The van der Waals surface area contributed by atoms with Crippen molar-refractivity contribution in [3.63, 3.8) is 0 Å². The van der Waals surface area contributed by atoms with E-state index in [1.54, 1.807) is 0 Å². The molecule has 1 aromatic carbocycles. The summed E-state index contributed by atoms with van der Waals surface area (Å²) in [7, 11) is 0. The predicted molar refractivity (Wildman–Crippen MR) is 52.4 cm³/mol. The molecule has 1 aliphatic rings. The van der Waals surface area contributed by atoms with Crippen molar-refractivity contribution in [1.29, 1.82) is 0 Å². The Labute approximate surface area is 85.3 Å². The lowest BCUT2D eigenvalue weighted by molar-refractivity contribution is 0.515. The molecule has 0 atom stereocenters. The van der Waals surface area contributed by atoms with Gasteiger partial charge in [0.1, 0.15) is 11.3 Å². The van der Waals surface area contributed by atoms with Crippen LogP contribution in [0.25, 0.3) is 11.0 Å². The number of hydrogen-bond acceptors (Lipinski definition) is 1. The fraction of sp³-hybridized carbons (Fsp3) is 0.364. The molecular formula is C11H10F2N2. The summed E-state index contributed by atoms with van der Waals surface area (Å²) in [5.74, 6) is -0.256. The van der Waals surface area contributed by atoms with E-state index in [0.29, 0.717) is 11.4 Å². The van der Waals surface area contributed by atoms with Gasteiger partial charge in [-0.1, -0.05) is 0 Å². The number of benzene rings is 1. The molecule has 0 bridgehead atoms. The first-order chi connectivity index (χ1) is 7.24. The molecule has 1 aliphatic carbocycles. The van der Waals surface area contributed by atoms with E-state index in [-0.39, 0.29) is 5.52 Å². The Hall–Kier alpha value is -1.45. The van der Waals surface area contributed by atoms with E-state index in [2.05, 4.69) is 9.97 Å². The van der Waals surface area contributed by atoms with E-state index in [1.165, 1.54) is 18.9 Å². The summed E-state index contributed by atoms with van der Waals surface area (Å²) >= 11 is 0. The fourth-order valence-electron chi connectivity index (χ4n) is 1.76. The molecule has 3 rings (SSSR count). The maximum absolute atomic E-state index is 13.3. The molecule has 78 valence electrons. The minimum atomic E-state index is -0.856. The van der Waals surface area contributed by atoms with E-state index < -0.39 is 11.6 Å². The number of aromatic nitrogens is 2. The highest BCUT2D eigenvalue weighted by molar-refractivity contribution is 5.75. The van der Waals surface area contributed by atoms with Crippen molar-refractivity contribution in [1.82, 2.24) is 9.97 Å². The summed E-state index contributed by atoms with van der Waals surface area (Å²) in [6.45, 7) is 0. The van der Waals surface area contributed by atoms with Crippen molar-refractivity contribution in [2.45, 2.75) is 19.3 Å². The molecule has 1 fully saturated rings. The van der Waals surface area contributed by atoms with E-state index in [1.807, 2.05) is 0 Å². The number of hydrogen-bond donors (Lipinski definition) is 1. The third kappa shape index (κ3) is 1.50. The van der Waals surface area contributed by atoms with Gasteiger partial charge in [-0.2, -0.15) is 0 Å². The number of H-pyrrole nitrogens is 1. The van der Waals surface area contributed by atoms with Crippen LogP contribution in [-0.2, 0) is 6.42 Å². The Morgan fingerprint density at radius 2 is 2.13 bits per heavy atom. The second-order valence-electron chi connectivity index (χ2n) is 4.09. The monoisotopic (exact) mass is 208 g/mol. The van der Waals surface area contributed by atoms with Gasteiger partial charge in [0.15, 0.2) is 11.6 Å². The summed E-state index contributed by atoms with van der Waals surface area (Å²) in [6, 6.07) is 2.65. The van der Waals surface area contributed by atoms with Crippen LogP contribution < -0.4 is 0 Å². The average Bonchev–Trinajstić information content (AvgIpc) is 2.91. The van der Waals surface area contributed by atoms with Gasteiger partial charge in [0.05, 0.1) is 5.52 Å². The lowest BCUT2D eigenvalue weighted by atomic mass is 10.3. The molecule has 1 saturated carbocycles. The first kappa shape index (κ1) is 8.83. The van der Waals surface area contributed by atoms with Crippen LogP contribution in [0.4, 0.5) is 8.78 Å². The van der Waals surface area contributed by atoms with E-state index in [9.17, 15) is 8.78 Å². The zero-order valence-electron chi connectivity index (χ0n) is 8.06. The number of imidazole rings is 1. The molecule has 15 heavy (non-hydrogen) atoms. The van der Waals surface area contributed by atoms with Crippen molar-refractivity contribution >= 4 is 11.0 Å². The SMILES string of the molecule is Fc1ccc2[nH]c(CC3CC3)nc2c1F. The first-order valence-electron chi connectivity index (χ1n) is 5.06. The average molecular weight is 208 g/mol. The molecule has 0 saturated heterocycles. The molecule has 1 aromatic heterocycles. The molecule has 2 nitrogen and oxygen atoms in total. The molecule has 0 unspecified atom stereocenters. The van der Waals surface area contributed by atoms with Crippen molar-refractivity contribution in [3.8, 4) is 0 Å². The number of fused-ring (bicyclic) bond motifs is 1. The molecule has 2 aromatic rings. The Morgan fingerprint density at radius 3 is 2.87 bits per heavy atom. The number of rotatable bonds is 2. The van der Waals surface area contributed by atoms with Gasteiger partial charge < -0.3 is 4.98 Å². The normalized spacial score (nSPS) is 16.1. The van der Waals surface area contributed by atoms with Gasteiger partial charge in [-0.15, -0.1) is 0 Å². The van der Waals surface area contributed by atoms with Crippen molar-refractivity contribution in [2.24, 2.45) is 5.92 Å². The lowest BCUT2D eigenvalue weighted by Crippen LogP contribution is -1.89. The molecule has 0 amide bonds. The minimum Gasteiger partial charge on any atom is -0.342 e. The molecule has 4 heteroatoms. The third-order valence-corrected chi connectivity index (χ3v) is 2.77. The summed E-state index contributed by atoms with van der Waals surface area (Å²) in [5, 5.41) is 0. The number of nitrogens with zero attached hydrogens (tertiary/aromatic N) is 1. The van der Waals surface area contributed by atoms with Crippen molar-refractivity contribution in [3.05, 3.63) is 29.6 Å². The van der Waals surface area contributed by atoms with E-state index >= 15 is 0 Å². The minimum absolute atomic E-state index is 0.116. The maximum atomic E-state index is 13.3. The Balaban J connectivity index is 2.08. The smallest absolute Gasteiger partial charge is 0.186 e. The second kappa shape index (κ2) is 3.02. The molecule has 0 radical (unpaired) electrons. The summed E-state index contributed by atoms with van der Waals surface area (Å²) in [6.07, 6.45) is 3.28. The second-order valence-corrected chi connectivity index (χ2v) is 4.09. The zero-order valence-corrected chi connectivity index (χ0v) is 8.06. The summed E-state index contributed by atoms with van der Waals surface area (Å²) in [4.78, 5) is 7.10. The van der Waals surface area contributed by atoms with Gasteiger partial charge in [-0.3, -0.25) is 0 Å². The van der Waals surface area contributed by atoms with Crippen LogP contribution in [0, 0.1) is 17.6 Å². The van der Waals surface area contributed by atoms with Crippen LogP contribution >= 0.6 is 0 Å². The molecular weight excluding hydrogens is 198 g/mol. The topological polar surface area (TPSA) is 28.7 Å². The highest BCUT2D eigenvalue weighted by atomic mass is 19.2. The van der Waals surface area contributed by atoms with E-state index in [4.69, 9.17) is 0 Å². The van der Waals surface area contributed by atoms with Gasteiger partial charge >= 0.3 is 0 Å². The Morgan fingerprint density at radius 1 is 1.33 bits per heavy atom. The van der Waals surface area contributed by atoms with Gasteiger partial charge in [0, 0.05) is 6.42 Å². The van der Waals surface area contributed by atoms with Crippen molar-refractivity contribution in [2.75, 3.05) is 0 Å². The quantitative estimate of drug-likeness (QED) is 0.807. The van der Waals surface area contributed by atoms with Gasteiger partial charge in [0.2, 0.25) is 0 Å². The van der Waals surface area contributed by atoms with Crippen LogP contribution in [-0.4, -0.2) is 9.97 Å². The highest BCUT2D eigenvalue weighted by Crippen LogP contribution is 2.32. The summed E-state index contributed by atoms with van der Waals surface area (Å²) in [5.41, 5.74) is 0.690. The molecule has 0 aliphatic heterocycles. The van der Waals surface area contributed by atoms with Crippen LogP contribution in [0.15, 0.2) is 12.1 Å². The standard InChI is InChI=1S/C11H10F2N2/c12-7-3-4-8-11(10(7)13)15-9(14-8)5-6-1-2-6/h3-4,6H,1-2,5H2,(H,14,15). The molecule has 1 heterocycles. The van der Waals surface area contributed by atoms with Crippen molar-refractivity contribution < 1.29 is 8.78 Å². The Kier molecular flexibility index (Phi) is 1.78. The van der Waals surface area contributed by atoms with Crippen LogP contribution in [0.3, 0.4) is 0 Å². The van der Waals surface area contributed by atoms with Crippen LogP contribution in [0.5, 0.6) is 0 Å². The van der Waals surface area contributed by atoms with Crippen LogP contribution in [0.1, 0.15) is 18.7 Å². The van der Waals surface area contributed by atoms with Gasteiger partial charge in [0.25, 0.3) is 0 Å². The predicted octanol–water partition coefficient (Wildman–Crippen LogP) is 2.79. The largest absolute Gasteiger partial charge is 0.342 e. The summed E-state index contributed by atoms with van der Waals surface area (Å²) < 4.78 is 26.2. The number of nitrogens with one attached hydrogen (secondary N) is 1. The molecule has 0 spiro atoms. The Bertz CT molecular complexity index is 515. The van der Waals surface area contributed by atoms with E-state index in [0.717, 1.165) is 18.3 Å². The molecule has 1 N–H and O–H groups in total. The van der Waals surface area contributed by atoms with Gasteiger partial charge in [-0.05, 0) is 30.9 Å².